The summed E-state index contributed by atoms with van der Waals surface area (Å²) in [4.78, 5) is 10.5. The number of nitrogens with zero attached hydrogens (tertiary/aromatic N) is 2. The number of aromatic amines is 1. The highest BCUT2D eigenvalue weighted by atomic mass is 32.2. The van der Waals surface area contributed by atoms with Gasteiger partial charge in [0.25, 0.3) is 0 Å². The topological polar surface area (TPSA) is 97.8 Å². The van der Waals surface area contributed by atoms with E-state index in [2.05, 4.69) is 26.7 Å². The Labute approximate surface area is 216 Å². The molecule has 7 nitrogen and oxygen atoms in total. The Hall–Kier alpha value is -3.62. The summed E-state index contributed by atoms with van der Waals surface area (Å²) in [7, 11) is -3.41. The maximum atomic E-state index is 12.5. The highest BCUT2D eigenvalue weighted by molar-refractivity contribution is 7.93. The third kappa shape index (κ3) is 5.12. The molecule has 6 rings (SSSR count). The standard InChI is InChI=1S/C29H30N4O3S/c34-29-27(25-18-23(12-15-26(25)31-29)32-37(35,36)24-13-14-24)28(21-6-2-1-3-7-21)30-22-10-8-20(9-11-22)19-33-16-4-5-17-33/h1-3,6-12,15,18,24,31-32,34H,4-5,13-14,16-17,19H2. The summed E-state index contributed by atoms with van der Waals surface area (Å²) >= 11 is 0. The summed E-state index contributed by atoms with van der Waals surface area (Å²) in [5, 5.41) is 11.4. The number of hydrogen-bond acceptors (Lipinski definition) is 5. The molecule has 1 aliphatic carbocycles. The number of aromatic hydroxyl groups is 1. The van der Waals surface area contributed by atoms with Crippen molar-refractivity contribution in [3.8, 4) is 5.88 Å². The lowest BCUT2D eigenvalue weighted by atomic mass is 10.0. The van der Waals surface area contributed by atoms with Crippen molar-refractivity contribution in [1.82, 2.24) is 9.88 Å². The first-order chi connectivity index (χ1) is 18.0. The summed E-state index contributed by atoms with van der Waals surface area (Å²) in [6.45, 7) is 3.24. The van der Waals surface area contributed by atoms with Crippen LogP contribution in [0, 0.1) is 0 Å². The molecule has 0 atom stereocenters. The van der Waals surface area contributed by atoms with Gasteiger partial charge in [-0.25, -0.2) is 13.4 Å². The van der Waals surface area contributed by atoms with Crippen molar-refractivity contribution in [2.75, 3.05) is 17.8 Å². The van der Waals surface area contributed by atoms with E-state index in [4.69, 9.17) is 4.99 Å². The maximum absolute atomic E-state index is 12.5. The Morgan fingerprint density at radius 2 is 1.73 bits per heavy atom. The summed E-state index contributed by atoms with van der Waals surface area (Å²) in [6, 6.07) is 23.2. The van der Waals surface area contributed by atoms with Crippen LogP contribution in [-0.2, 0) is 16.6 Å². The summed E-state index contributed by atoms with van der Waals surface area (Å²) in [6.07, 6.45) is 3.91. The van der Waals surface area contributed by atoms with Gasteiger partial charge in [0.1, 0.15) is 0 Å². The number of aliphatic imine (C=N–C) groups is 1. The van der Waals surface area contributed by atoms with E-state index in [0.29, 0.717) is 40.7 Å². The minimum Gasteiger partial charge on any atom is -0.494 e. The summed E-state index contributed by atoms with van der Waals surface area (Å²) in [5.74, 6) is -0.00884. The largest absolute Gasteiger partial charge is 0.494 e. The van der Waals surface area contributed by atoms with Crippen LogP contribution in [0.25, 0.3) is 10.9 Å². The molecule has 3 N–H and O–H groups in total. The van der Waals surface area contributed by atoms with E-state index < -0.39 is 10.0 Å². The number of aromatic nitrogens is 1. The second-order valence-electron chi connectivity index (χ2n) is 9.93. The van der Waals surface area contributed by atoms with Crippen molar-refractivity contribution in [3.05, 3.63) is 89.5 Å². The fraction of sp³-hybridized carbons (Fsp3) is 0.276. The van der Waals surface area contributed by atoms with Crippen LogP contribution in [0.5, 0.6) is 5.88 Å². The molecule has 0 bridgehead atoms. The van der Waals surface area contributed by atoms with Crippen molar-refractivity contribution in [3.63, 3.8) is 0 Å². The molecule has 1 saturated heterocycles. The lowest BCUT2D eigenvalue weighted by molar-refractivity contribution is 0.331. The molecular weight excluding hydrogens is 484 g/mol. The normalized spacial score (nSPS) is 16.9. The van der Waals surface area contributed by atoms with Crippen LogP contribution >= 0.6 is 0 Å². The molecular formula is C29H30N4O3S. The Bertz CT molecular complexity index is 1550. The lowest BCUT2D eigenvalue weighted by Crippen LogP contribution is -2.18. The van der Waals surface area contributed by atoms with E-state index in [9.17, 15) is 13.5 Å². The first kappa shape index (κ1) is 23.8. The molecule has 0 spiro atoms. The second-order valence-corrected chi connectivity index (χ2v) is 11.9. The zero-order chi connectivity index (χ0) is 25.4. The third-order valence-electron chi connectivity index (χ3n) is 7.07. The van der Waals surface area contributed by atoms with Gasteiger partial charge in [-0.15, -0.1) is 0 Å². The molecule has 3 aromatic carbocycles. The number of fused-ring (bicyclic) bond motifs is 1. The van der Waals surface area contributed by atoms with Gasteiger partial charge in [-0.1, -0.05) is 42.5 Å². The van der Waals surface area contributed by atoms with Gasteiger partial charge < -0.3 is 10.1 Å². The fourth-order valence-corrected chi connectivity index (χ4v) is 6.35. The predicted molar refractivity (Wildman–Crippen MR) is 148 cm³/mol. The molecule has 4 aromatic rings. The number of rotatable bonds is 8. The zero-order valence-electron chi connectivity index (χ0n) is 20.5. The predicted octanol–water partition coefficient (Wildman–Crippen LogP) is 5.54. The van der Waals surface area contributed by atoms with Gasteiger partial charge in [0.2, 0.25) is 10.0 Å². The Balaban J connectivity index is 1.40. The Kier molecular flexibility index (Phi) is 6.22. The smallest absolute Gasteiger partial charge is 0.235 e. The molecule has 0 radical (unpaired) electrons. The first-order valence-electron chi connectivity index (χ1n) is 12.8. The van der Waals surface area contributed by atoms with Gasteiger partial charge >= 0.3 is 0 Å². The monoisotopic (exact) mass is 514 g/mol. The molecule has 190 valence electrons. The molecule has 2 fully saturated rings. The Morgan fingerprint density at radius 1 is 1.00 bits per heavy atom. The molecule has 2 heterocycles. The number of sulfonamides is 1. The van der Waals surface area contributed by atoms with E-state index in [-0.39, 0.29) is 11.1 Å². The van der Waals surface area contributed by atoms with Crippen LogP contribution in [0.15, 0.2) is 77.8 Å². The van der Waals surface area contributed by atoms with Gasteiger partial charge in [0.15, 0.2) is 5.88 Å². The number of hydrogen-bond donors (Lipinski definition) is 3. The van der Waals surface area contributed by atoms with Crippen LogP contribution in [0.3, 0.4) is 0 Å². The molecule has 2 aliphatic rings. The molecule has 0 unspecified atom stereocenters. The van der Waals surface area contributed by atoms with E-state index in [1.54, 1.807) is 18.2 Å². The third-order valence-corrected chi connectivity index (χ3v) is 8.94. The molecule has 1 aromatic heterocycles. The highest BCUT2D eigenvalue weighted by Gasteiger charge is 2.35. The molecule has 0 amide bonds. The molecule has 1 aliphatic heterocycles. The minimum absolute atomic E-state index is 0.00884. The van der Waals surface area contributed by atoms with E-state index >= 15 is 0 Å². The van der Waals surface area contributed by atoms with Gasteiger partial charge in [-0.3, -0.25) is 9.62 Å². The van der Waals surface area contributed by atoms with Crippen LogP contribution in [0.1, 0.15) is 42.4 Å². The number of nitrogens with one attached hydrogen (secondary N) is 2. The Morgan fingerprint density at radius 3 is 2.43 bits per heavy atom. The van der Waals surface area contributed by atoms with Crippen molar-refractivity contribution in [1.29, 1.82) is 0 Å². The van der Waals surface area contributed by atoms with Crippen LogP contribution in [-0.4, -0.2) is 47.5 Å². The average molecular weight is 515 g/mol. The number of likely N-dealkylation sites (tertiary alicyclic amines) is 1. The zero-order valence-corrected chi connectivity index (χ0v) is 21.3. The van der Waals surface area contributed by atoms with Gasteiger partial charge in [0.05, 0.1) is 22.2 Å². The fourth-order valence-electron chi connectivity index (χ4n) is 4.97. The van der Waals surface area contributed by atoms with Crippen molar-refractivity contribution >= 4 is 38.0 Å². The van der Waals surface area contributed by atoms with Gasteiger partial charge in [-0.2, -0.15) is 0 Å². The SMILES string of the molecule is O=S(=O)(Nc1ccc2[nH]c(O)c(C(=Nc3ccc(CN4CCCC4)cc3)c3ccccc3)c2c1)C1CC1. The number of benzene rings is 3. The van der Waals surface area contributed by atoms with E-state index in [1.807, 2.05) is 42.5 Å². The van der Waals surface area contributed by atoms with Gasteiger partial charge in [-0.05, 0) is 74.7 Å². The van der Waals surface area contributed by atoms with Gasteiger partial charge in [0, 0.05) is 28.7 Å². The number of H-pyrrole nitrogens is 1. The van der Waals surface area contributed by atoms with Crippen molar-refractivity contribution < 1.29 is 13.5 Å². The second kappa shape index (κ2) is 9.68. The van der Waals surface area contributed by atoms with Crippen LogP contribution in [0.2, 0.25) is 0 Å². The summed E-state index contributed by atoms with van der Waals surface area (Å²) < 4.78 is 27.8. The first-order valence-corrected chi connectivity index (χ1v) is 14.3. The lowest BCUT2D eigenvalue weighted by Gasteiger charge is -2.14. The molecule has 37 heavy (non-hydrogen) atoms. The van der Waals surface area contributed by atoms with E-state index in [1.165, 1.54) is 18.4 Å². The number of anilines is 1. The highest BCUT2D eigenvalue weighted by Crippen LogP contribution is 2.35. The molecule has 8 heteroatoms. The van der Waals surface area contributed by atoms with Crippen molar-refractivity contribution in [2.24, 2.45) is 4.99 Å². The quantitative estimate of drug-likeness (QED) is 0.269. The maximum Gasteiger partial charge on any atom is 0.235 e. The van der Waals surface area contributed by atoms with Crippen molar-refractivity contribution in [2.45, 2.75) is 37.5 Å². The molecule has 1 saturated carbocycles. The minimum atomic E-state index is -3.41. The average Bonchev–Trinajstić information content (AvgIpc) is 3.56. The summed E-state index contributed by atoms with van der Waals surface area (Å²) in [5.41, 5.74) is 5.20. The van der Waals surface area contributed by atoms with Crippen LogP contribution in [0.4, 0.5) is 11.4 Å². The van der Waals surface area contributed by atoms with Crippen LogP contribution < -0.4 is 4.72 Å². The van der Waals surface area contributed by atoms with E-state index in [0.717, 1.165) is 30.9 Å².